The lowest BCUT2D eigenvalue weighted by atomic mass is 10.1. The number of allylic oxidation sites excluding steroid dienone is 3. The Morgan fingerprint density at radius 1 is 0.548 bits per heavy atom. The first-order valence-corrected chi connectivity index (χ1v) is 19.4. The molecule has 0 heterocycles. The van der Waals surface area contributed by atoms with Gasteiger partial charge in [0.1, 0.15) is 31.2 Å². The Kier molecular flexibility index (Phi) is 28.1. The lowest BCUT2D eigenvalue weighted by Gasteiger charge is -2.29. The minimum absolute atomic E-state index is 0.149. The SMILES string of the molecule is CCCCCCCCC/C=C/[N+](/C=C/CCCCCCCCC)(/C=C/CCCCCCCCC)CC(O)CS(=O)(=O)[O-]. The summed E-state index contributed by atoms with van der Waals surface area (Å²) in [6.45, 7) is 6.87. The molecule has 0 aliphatic heterocycles. The molecule has 0 aromatic rings. The number of quaternary nitrogens is 1. The van der Waals surface area contributed by atoms with Crippen LogP contribution in [-0.2, 0) is 10.1 Å². The fraction of sp³-hybridized carbons (Fsp3) is 0.833. The number of nitrogens with zero attached hydrogens (tertiary/aromatic N) is 1. The van der Waals surface area contributed by atoms with E-state index < -0.39 is 22.0 Å². The van der Waals surface area contributed by atoms with Gasteiger partial charge in [0.25, 0.3) is 0 Å². The van der Waals surface area contributed by atoms with Crippen molar-refractivity contribution in [2.75, 3.05) is 12.3 Å². The van der Waals surface area contributed by atoms with Gasteiger partial charge in [-0.15, -0.1) is 0 Å². The van der Waals surface area contributed by atoms with E-state index in [1.54, 1.807) is 0 Å². The van der Waals surface area contributed by atoms with Crippen LogP contribution >= 0.6 is 0 Å². The van der Waals surface area contributed by atoms with E-state index >= 15 is 0 Å². The van der Waals surface area contributed by atoms with Crippen molar-refractivity contribution in [3.05, 3.63) is 36.8 Å². The molecular weight excluding hydrogens is 542 g/mol. The van der Waals surface area contributed by atoms with Gasteiger partial charge >= 0.3 is 0 Å². The van der Waals surface area contributed by atoms with Crippen LogP contribution in [0.15, 0.2) is 36.8 Å². The van der Waals surface area contributed by atoms with Gasteiger partial charge in [-0.3, -0.25) is 0 Å². The normalized spacial score (nSPS) is 13.7. The zero-order valence-corrected chi connectivity index (χ0v) is 28.8. The Morgan fingerprint density at radius 2 is 0.833 bits per heavy atom. The Morgan fingerprint density at radius 3 is 1.12 bits per heavy atom. The predicted molar refractivity (Wildman–Crippen MR) is 181 cm³/mol. The van der Waals surface area contributed by atoms with E-state index in [1.165, 1.54) is 116 Å². The summed E-state index contributed by atoms with van der Waals surface area (Å²) in [7, 11) is -4.50. The summed E-state index contributed by atoms with van der Waals surface area (Å²) in [4.78, 5) is 0. The number of aliphatic hydroxyl groups excluding tert-OH is 1. The van der Waals surface area contributed by atoms with E-state index in [0.717, 1.165) is 38.5 Å². The van der Waals surface area contributed by atoms with E-state index in [9.17, 15) is 18.1 Å². The molecule has 248 valence electrons. The third-order valence-corrected chi connectivity index (χ3v) is 8.79. The van der Waals surface area contributed by atoms with E-state index in [1.807, 2.05) is 0 Å². The molecule has 0 bridgehead atoms. The molecule has 1 atom stereocenters. The summed E-state index contributed by atoms with van der Waals surface area (Å²) in [5.74, 6) is -0.754. The van der Waals surface area contributed by atoms with Crippen LogP contribution in [0.2, 0.25) is 0 Å². The Bertz CT molecular complexity index is 706. The average molecular weight is 612 g/mol. The van der Waals surface area contributed by atoms with Crippen LogP contribution in [0.4, 0.5) is 0 Å². The molecule has 0 rings (SSSR count). The molecule has 1 unspecified atom stereocenters. The van der Waals surface area contributed by atoms with Crippen molar-refractivity contribution >= 4 is 10.1 Å². The largest absolute Gasteiger partial charge is 0.748 e. The number of unbranched alkanes of at least 4 members (excludes halogenated alkanes) is 21. The van der Waals surface area contributed by atoms with Gasteiger partial charge in [0.15, 0.2) is 0 Å². The minimum atomic E-state index is -4.50. The van der Waals surface area contributed by atoms with Crippen LogP contribution in [0.25, 0.3) is 0 Å². The first-order chi connectivity index (χ1) is 20.3. The molecule has 0 spiro atoms. The van der Waals surface area contributed by atoms with Crippen LogP contribution in [0.3, 0.4) is 0 Å². The third kappa shape index (κ3) is 27.9. The molecule has 0 aromatic carbocycles. The van der Waals surface area contributed by atoms with Gasteiger partial charge in [0, 0.05) is 0 Å². The molecule has 0 aliphatic rings. The molecule has 0 aromatic heterocycles. The van der Waals surface area contributed by atoms with Gasteiger partial charge < -0.3 is 9.66 Å². The van der Waals surface area contributed by atoms with Crippen molar-refractivity contribution in [3.63, 3.8) is 0 Å². The topological polar surface area (TPSA) is 77.4 Å². The maximum Gasteiger partial charge on any atom is 0.119 e. The summed E-state index contributed by atoms with van der Waals surface area (Å²) in [5, 5.41) is 10.7. The highest BCUT2D eigenvalue weighted by molar-refractivity contribution is 7.85. The van der Waals surface area contributed by atoms with Gasteiger partial charge in [-0.05, 0) is 56.8 Å². The van der Waals surface area contributed by atoms with E-state index in [-0.39, 0.29) is 11.0 Å². The van der Waals surface area contributed by atoms with E-state index in [2.05, 4.69) is 57.6 Å². The van der Waals surface area contributed by atoms with Crippen LogP contribution < -0.4 is 0 Å². The molecule has 0 amide bonds. The zero-order chi connectivity index (χ0) is 31.2. The van der Waals surface area contributed by atoms with Gasteiger partial charge in [0.05, 0.1) is 15.9 Å². The smallest absolute Gasteiger partial charge is 0.119 e. The van der Waals surface area contributed by atoms with Gasteiger partial charge in [-0.2, -0.15) is 0 Å². The third-order valence-electron chi connectivity index (χ3n) is 8.00. The van der Waals surface area contributed by atoms with E-state index in [4.69, 9.17) is 0 Å². The molecule has 0 aliphatic carbocycles. The summed E-state index contributed by atoms with van der Waals surface area (Å²) in [5.41, 5.74) is 0. The lowest BCUT2D eigenvalue weighted by Crippen LogP contribution is -2.41. The highest BCUT2D eigenvalue weighted by Crippen LogP contribution is 2.19. The van der Waals surface area contributed by atoms with Crippen molar-refractivity contribution in [1.29, 1.82) is 0 Å². The second kappa shape index (κ2) is 28.8. The molecule has 0 radical (unpaired) electrons. The molecule has 42 heavy (non-hydrogen) atoms. The van der Waals surface area contributed by atoms with Crippen LogP contribution in [0.5, 0.6) is 0 Å². The van der Waals surface area contributed by atoms with Crippen molar-refractivity contribution in [2.24, 2.45) is 0 Å². The molecular formula is C36H69NO4S. The fourth-order valence-corrected chi connectivity index (χ4v) is 6.03. The molecule has 0 saturated heterocycles. The highest BCUT2D eigenvalue weighted by atomic mass is 32.2. The molecule has 0 saturated carbocycles. The Hall–Kier alpha value is -0.950. The van der Waals surface area contributed by atoms with Crippen molar-refractivity contribution in [3.8, 4) is 0 Å². The van der Waals surface area contributed by atoms with Crippen molar-refractivity contribution in [2.45, 2.75) is 181 Å². The summed E-state index contributed by atoms with van der Waals surface area (Å²) < 4.78 is 34.5. The number of hydrogen-bond acceptors (Lipinski definition) is 4. The second-order valence-electron chi connectivity index (χ2n) is 12.4. The molecule has 0 fully saturated rings. The number of hydrogen-bond donors (Lipinski definition) is 1. The molecule has 6 heteroatoms. The van der Waals surface area contributed by atoms with Crippen LogP contribution in [0, 0.1) is 0 Å². The predicted octanol–water partition coefficient (Wildman–Crippen LogP) is 10.7. The summed E-state index contributed by atoms with van der Waals surface area (Å²) in [6.07, 6.45) is 40.9. The quantitative estimate of drug-likeness (QED) is 0.0480. The lowest BCUT2D eigenvalue weighted by molar-refractivity contribution is -0.777. The van der Waals surface area contributed by atoms with Crippen LogP contribution in [0.1, 0.15) is 175 Å². The first-order valence-electron chi connectivity index (χ1n) is 17.8. The zero-order valence-electron chi connectivity index (χ0n) is 28.0. The average Bonchev–Trinajstić information content (AvgIpc) is 2.93. The second-order valence-corrected chi connectivity index (χ2v) is 13.9. The first kappa shape index (κ1) is 41.0. The fourth-order valence-electron chi connectivity index (χ4n) is 5.46. The molecule has 5 nitrogen and oxygen atoms in total. The maximum atomic E-state index is 11.4. The van der Waals surface area contributed by atoms with Gasteiger partial charge in [0.2, 0.25) is 0 Å². The monoisotopic (exact) mass is 611 g/mol. The summed E-state index contributed by atoms with van der Waals surface area (Å²) in [6, 6.07) is 0. The summed E-state index contributed by atoms with van der Waals surface area (Å²) >= 11 is 0. The van der Waals surface area contributed by atoms with E-state index in [0.29, 0.717) is 0 Å². The van der Waals surface area contributed by atoms with Crippen molar-refractivity contribution < 1.29 is 22.6 Å². The number of rotatable bonds is 31. The number of aliphatic hydroxyl groups is 1. The van der Waals surface area contributed by atoms with Gasteiger partial charge in [-0.1, -0.05) is 136 Å². The van der Waals surface area contributed by atoms with Gasteiger partial charge in [-0.25, -0.2) is 12.9 Å². The highest BCUT2D eigenvalue weighted by Gasteiger charge is 2.25. The standard InChI is InChI=1S/C36H69NO4S/c1-4-7-10-13-16-19-22-25-28-31-37(34-36(38)35-42(39,40)41,32-29-26-23-20-17-14-11-8-5-2)33-30-27-24-21-18-15-12-9-6-3/h28-33,36,38H,4-27,34-35H2,1-3H3/b31-28+,32-29+,33-30+. The Balaban J connectivity index is 5.35. The molecule has 1 N–H and O–H groups in total. The minimum Gasteiger partial charge on any atom is -0.748 e. The van der Waals surface area contributed by atoms with Crippen molar-refractivity contribution in [1.82, 2.24) is 0 Å². The van der Waals surface area contributed by atoms with Crippen LogP contribution in [-0.4, -0.2) is 41.0 Å². The maximum absolute atomic E-state index is 11.4. The Labute approximate surface area is 262 Å².